The Hall–Kier alpha value is 0.200. The first-order valence-corrected chi connectivity index (χ1v) is 4.34. The summed E-state index contributed by atoms with van der Waals surface area (Å²) < 4.78 is 21.9. The van der Waals surface area contributed by atoms with Crippen molar-refractivity contribution in [2.75, 3.05) is 19.3 Å². The van der Waals surface area contributed by atoms with Crippen LogP contribution in [0.15, 0.2) is 0 Å². The van der Waals surface area contributed by atoms with Crippen LogP contribution in [-0.2, 0) is 10.0 Å². The molecule has 8 heavy (non-hydrogen) atoms. The quantitative estimate of drug-likeness (QED) is 0.421. The molecule has 0 rings (SSSR count). The lowest BCUT2D eigenvalue weighted by atomic mass is 11.3. The van der Waals surface area contributed by atoms with Crippen molar-refractivity contribution in [3.63, 3.8) is 0 Å². The van der Waals surface area contributed by atoms with Gasteiger partial charge in [0, 0.05) is 7.05 Å². The molecule has 0 heterocycles. The van der Waals surface area contributed by atoms with Crippen LogP contribution < -0.4 is 0 Å². The zero-order valence-electron chi connectivity index (χ0n) is 4.76. The molecule has 0 unspecified atom stereocenters. The summed E-state index contributed by atoms with van der Waals surface area (Å²) >= 11 is 5.18. The molecular formula is C3H8ClNO2S. The van der Waals surface area contributed by atoms with Gasteiger partial charge in [0.2, 0.25) is 10.0 Å². The average Bonchev–Trinajstić information content (AvgIpc) is 1.62. The third kappa shape index (κ3) is 2.49. The standard InChI is InChI=1S/C3H8ClNO2S/c1-5(3-4)8(2,6)7/h3H2,1-2H3. The van der Waals surface area contributed by atoms with Gasteiger partial charge in [-0.05, 0) is 0 Å². The third-order valence-corrected chi connectivity index (χ3v) is 2.50. The molecule has 0 aliphatic carbocycles. The van der Waals surface area contributed by atoms with E-state index < -0.39 is 10.0 Å². The van der Waals surface area contributed by atoms with Gasteiger partial charge in [-0.1, -0.05) is 0 Å². The number of nitrogens with zero attached hydrogens (tertiary/aromatic N) is 1. The molecule has 0 aliphatic heterocycles. The first-order valence-electron chi connectivity index (χ1n) is 1.95. The molecule has 0 aromatic rings. The highest BCUT2D eigenvalue weighted by atomic mass is 35.5. The van der Waals surface area contributed by atoms with Gasteiger partial charge in [-0.3, -0.25) is 0 Å². The largest absolute Gasteiger partial charge is 0.212 e. The zero-order chi connectivity index (χ0) is 6.78. The van der Waals surface area contributed by atoms with Gasteiger partial charge in [0.15, 0.2) is 0 Å². The first-order chi connectivity index (χ1) is 3.48. The Bertz CT molecular complexity index is 153. The van der Waals surface area contributed by atoms with Crippen molar-refractivity contribution in [2.45, 2.75) is 0 Å². The van der Waals surface area contributed by atoms with E-state index in [1.807, 2.05) is 0 Å². The predicted octanol–water partition coefficient (Wildman–Crippen LogP) is 0.0741. The normalized spacial score (nSPS) is 12.5. The number of rotatable bonds is 2. The number of halogens is 1. The Labute approximate surface area is 54.3 Å². The highest BCUT2D eigenvalue weighted by Crippen LogP contribution is 1.92. The molecule has 0 spiro atoms. The van der Waals surface area contributed by atoms with Crippen molar-refractivity contribution in [2.24, 2.45) is 0 Å². The summed E-state index contributed by atoms with van der Waals surface area (Å²) in [7, 11) is -1.63. The smallest absolute Gasteiger partial charge is 0.212 e. The summed E-state index contributed by atoms with van der Waals surface area (Å²) in [5.74, 6) is 0. The van der Waals surface area contributed by atoms with E-state index in [9.17, 15) is 8.42 Å². The molecule has 0 amide bonds. The molecule has 0 aliphatic rings. The summed E-state index contributed by atoms with van der Waals surface area (Å²) in [6.07, 6.45) is 1.11. The monoisotopic (exact) mass is 157 g/mol. The van der Waals surface area contributed by atoms with Crippen molar-refractivity contribution in [1.82, 2.24) is 4.31 Å². The van der Waals surface area contributed by atoms with Gasteiger partial charge >= 0.3 is 0 Å². The van der Waals surface area contributed by atoms with Gasteiger partial charge in [0.25, 0.3) is 0 Å². The minimum Gasteiger partial charge on any atom is -0.212 e. The molecule has 0 saturated carbocycles. The second kappa shape index (κ2) is 2.66. The van der Waals surface area contributed by atoms with E-state index in [0.29, 0.717) is 0 Å². The zero-order valence-corrected chi connectivity index (χ0v) is 6.33. The maximum Gasteiger partial charge on any atom is 0.212 e. The van der Waals surface area contributed by atoms with Crippen LogP contribution in [0, 0.1) is 0 Å². The molecule has 0 aromatic carbocycles. The summed E-state index contributed by atoms with van der Waals surface area (Å²) in [5.41, 5.74) is 0. The molecule has 0 radical (unpaired) electrons. The van der Waals surface area contributed by atoms with E-state index in [1.165, 1.54) is 7.05 Å². The maximum absolute atomic E-state index is 10.4. The summed E-state index contributed by atoms with van der Waals surface area (Å²) in [4.78, 5) is 0. The SMILES string of the molecule is CN(CCl)S(C)(=O)=O. The van der Waals surface area contributed by atoms with Crippen molar-refractivity contribution in [1.29, 1.82) is 0 Å². The van der Waals surface area contributed by atoms with Crippen molar-refractivity contribution < 1.29 is 8.42 Å². The van der Waals surface area contributed by atoms with E-state index in [2.05, 4.69) is 0 Å². The van der Waals surface area contributed by atoms with Crippen molar-refractivity contribution >= 4 is 21.6 Å². The fraction of sp³-hybridized carbons (Fsp3) is 1.00. The fourth-order valence-electron chi connectivity index (χ4n) is 0.0886. The van der Waals surface area contributed by atoms with Crippen molar-refractivity contribution in [3.05, 3.63) is 0 Å². The lowest BCUT2D eigenvalue weighted by Gasteiger charge is -2.07. The highest BCUT2D eigenvalue weighted by molar-refractivity contribution is 7.88. The predicted molar refractivity (Wildman–Crippen MR) is 33.3 cm³/mol. The third-order valence-electron chi connectivity index (χ3n) is 0.734. The van der Waals surface area contributed by atoms with Crippen LogP contribution in [0.5, 0.6) is 0 Å². The Morgan fingerprint density at radius 3 is 2.00 bits per heavy atom. The van der Waals surface area contributed by atoms with Gasteiger partial charge in [0.1, 0.15) is 0 Å². The van der Waals surface area contributed by atoms with Gasteiger partial charge in [-0.15, -0.1) is 11.6 Å². The highest BCUT2D eigenvalue weighted by Gasteiger charge is 2.06. The van der Waals surface area contributed by atoms with Crippen LogP contribution in [0.3, 0.4) is 0 Å². The number of alkyl halides is 1. The van der Waals surface area contributed by atoms with Crippen LogP contribution in [-0.4, -0.2) is 32.0 Å². The summed E-state index contributed by atoms with van der Waals surface area (Å²) in [5, 5.41) is 0. The maximum atomic E-state index is 10.4. The van der Waals surface area contributed by atoms with E-state index in [0.717, 1.165) is 10.6 Å². The van der Waals surface area contributed by atoms with E-state index in [-0.39, 0.29) is 6.00 Å². The Kier molecular flexibility index (Phi) is 2.73. The molecule has 50 valence electrons. The van der Waals surface area contributed by atoms with Crippen LogP contribution in [0.4, 0.5) is 0 Å². The molecule has 0 saturated heterocycles. The fourth-order valence-corrected chi connectivity index (χ4v) is 0.798. The average molecular weight is 158 g/mol. The number of sulfonamides is 1. The molecular weight excluding hydrogens is 150 g/mol. The summed E-state index contributed by atoms with van der Waals surface area (Å²) in [6.45, 7) is 0. The number of hydrogen-bond acceptors (Lipinski definition) is 2. The van der Waals surface area contributed by atoms with Crippen LogP contribution in [0.2, 0.25) is 0 Å². The number of hydrogen-bond donors (Lipinski definition) is 0. The Morgan fingerprint density at radius 1 is 1.62 bits per heavy atom. The lowest BCUT2D eigenvalue weighted by Crippen LogP contribution is -2.23. The second-order valence-electron chi connectivity index (χ2n) is 1.48. The Morgan fingerprint density at radius 2 is 2.00 bits per heavy atom. The first kappa shape index (κ1) is 8.20. The second-order valence-corrected chi connectivity index (χ2v) is 3.81. The van der Waals surface area contributed by atoms with E-state index in [1.54, 1.807) is 0 Å². The molecule has 0 N–H and O–H groups in total. The molecule has 3 nitrogen and oxygen atoms in total. The molecule has 5 heteroatoms. The van der Waals surface area contributed by atoms with Crippen molar-refractivity contribution in [3.8, 4) is 0 Å². The van der Waals surface area contributed by atoms with Gasteiger partial charge < -0.3 is 0 Å². The minimum absolute atomic E-state index is 0.0127. The molecule has 0 aromatic heterocycles. The van der Waals surface area contributed by atoms with Gasteiger partial charge in [0.05, 0.1) is 12.3 Å². The van der Waals surface area contributed by atoms with E-state index >= 15 is 0 Å². The topological polar surface area (TPSA) is 37.4 Å². The van der Waals surface area contributed by atoms with Crippen LogP contribution in [0.25, 0.3) is 0 Å². The van der Waals surface area contributed by atoms with Crippen LogP contribution in [0.1, 0.15) is 0 Å². The Balaban J connectivity index is 4.04. The van der Waals surface area contributed by atoms with Gasteiger partial charge in [-0.25, -0.2) is 8.42 Å². The van der Waals surface area contributed by atoms with Gasteiger partial charge in [-0.2, -0.15) is 4.31 Å². The molecule has 0 atom stereocenters. The van der Waals surface area contributed by atoms with Crippen LogP contribution >= 0.6 is 11.6 Å². The molecule has 0 fully saturated rings. The van der Waals surface area contributed by atoms with E-state index in [4.69, 9.17) is 11.6 Å². The lowest BCUT2D eigenvalue weighted by molar-refractivity contribution is 0.517. The molecule has 0 bridgehead atoms. The minimum atomic E-state index is -3.05. The summed E-state index contributed by atoms with van der Waals surface area (Å²) in [6, 6.07) is 0.0127.